The first-order valence-corrected chi connectivity index (χ1v) is 8.40. The molecule has 0 saturated heterocycles. The largest absolute Gasteiger partial charge is 0.308 e. The Balaban J connectivity index is 1.82. The zero-order chi connectivity index (χ0) is 14.4. The summed E-state index contributed by atoms with van der Waals surface area (Å²) in [5, 5.41) is 5.74. The highest BCUT2D eigenvalue weighted by Gasteiger charge is 2.02. The van der Waals surface area contributed by atoms with Crippen LogP contribution in [0.3, 0.4) is 0 Å². The van der Waals surface area contributed by atoms with Gasteiger partial charge < -0.3 is 5.32 Å². The van der Waals surface area contributed by atoms with E-state index in [2.05, 4.69) is 61.8 Å². The van der Waals surface area contributed by atoms with Crippen molar-refractivity contribution in [1.82, 2.24) is 5.32 Å². The Hall–Kier alpha value is -1.12. The molecule has 2 heteroatoms. The van der Waals surface area contributed by atoms with Crippen molar-refractivity contribution in [2.75, 3.05) is 0 Å². The first-order valence-electron chi connectivity index (χ1n) is 7.52. The Morgan fingerprint density at radius 1 is 1.00 bits per heavy atom. The molecule has 0 unspecified atom stereocenters. The standard InChI is InChI=1S/C18H25NS/c1-4-17-9-10-20-18(17)13-19-12-16-7-5-15(6-8-16)11-14(2)3/h5-10,14,19H,4,11-13H2,1-3H3. The molecular formula is C18H25NS. The van der Waals surface area contributed by atoms with Crippen molar-refractivity contribution in [3.8, 4) is 0 Å². The van der Waals surface area contributed by atoms with Gasteiger partial charge >= 0.3 is 0 Å². The summed E-state index contributed by atoms with van der Waals surface area (Å²) in [6.07, 6.45) is 2.30. The van der Waals surface area contributed by atoms with Crippen molar-refractivity contribution >= 4 is 11.3 Å². The maximum absolute atomic E-state index is 3.55. The van der Waals surface area contributed by atoms with Crippen LogP contribution in [0.25, 0.3) is 0 Å². The number of hydrogen-bond donors (Lipinski definition) is 1. The highest BCUT2D eigenvalue weighted by atomic mass is 32.1. The number of hydrogen-bond acceptors (Lipinski definition) is 2. The summed E-state index contributed by atoms with van der Waals surface area (Å²) in [7, 11) is 0. The van der Waals surface area contributed by atoms with Crippen LogP contribution < -0.4 is 5.32 Å². The van der Waals surface area contributed by atoms with Crippen LogP contribution >= 0.6 is 11.3 Å². The van der Waals surface area contributed by atoms with Crippen LogP contribution in [0.1, 0.15) is 42.3 Å². The van der Waals surface area contributed by atoms with Gasteiger partial charge in [0.25, 0.3) is 0 Å². The van der Waals surface area contributed by atoms with Crippen molar-refractivity contribution in [2.24, 2.45) is 5.92 Å². The number of aryl methyl sites for hydroxylation is 1. The first kappa shape index (κ1) is 15.3. The lowest BCUT2D eigenvalue weighted by molar-refractivity contribution is 0.646. The van der Waals surface area contributed by atoms with Gasteiger partial charge in [0.2, 0.25) is 0 Å². The van der Waals surface area contributed by atoms with Gasteiger partial charge in [0.1, 0.15) is 0 Å². The lowest BCUT2D eigenvalue weighted by Gasteiger charge is -2.08. The van der Waals surface area contributed by atoms with Gasteiger partial charge in [-0.05, 0) is 46.9 Å². The molecule has 0 fully saturated rings. The molecule has 0 spiro atoms. The summed E-state index contributed by atoms with van der Waals surface area (Å²) in [5.74, 6) is 0.727. The highest BCUT2D eigenvalue weighted by molar-refractivity contribution is 7.10. The zero-order valence-electron chi connectivity index (χ0n) is 12.8. The van der Waals surface area contributed by atoms with E-state index in [0.29, 0.717) is 0 Å². The smallest absolute Gasteiger partial charge is 0.0305 e. The minimum Gasteiger partial charge on any atom is -0.308 e. The molecule has 1 heterocycles. The molecule has 1 N–H and O–H groups in total. The minimum atomic E-state index is 0.727. The summed E-state index contributed by atoms with van der Waals surface area (Å²) in [6, 6.07) is 11.3. The molecule has 1 aromatic carbocycles. The second-order valence-electron chi connectivity index (χ2n) is 5.74. The highest BCUT2D eigenvalue weighted by Crippen LogP contribution is 2.17. The Kier molecular flexibility index (Phi) is 5.81. The summed E-state index contributed by atoms with van der Waals surface area (Å²) in [6.45, 7) is 8.68. The normalized spacial score (nSPS) is 11.2. The van der Waals surface area contributed by atoms with Gasteiger partial charge in [-0.3, -0.25) is 0 Å². The second kappa shape index (κ2) is 7.61. The third-order valence-electron chi connectivity index (χ3n) is 3.50. The van der Waals surface area contributed by atoms with Crippen LogP contribution in [0.2, 0.25) is 0 Å². The molecule has 0 aliphatic heterocycles. The van der Waals surface area contributed by atoms with Gasteiger partial charge in [-0.1, -0.05) is 45.0 Å². The maximum Gasteiger partial charge on any atom is 0.0305 e. The number of rotatable bonds is 7. The molecule has 0 amide bonds. The predicted molar refractivity (Wildman–Crippen MR) is 89.2 cm³/mol. The average Bonchev–Trinajstić information content (AvgIpc) is 2.87. The van der Waals surface area contributed by atoms with Gasteiger partial charge in [0, 0.05) is 18.0 Å². The van der Waals surface area contributed by atoms with Crippen molar-refractivity contribution in [3.63, 3.8) is 0 Å². The van der Waals surface area contributed by atoms with E-state index in [9.17, 15) is 0 Å². The maximum atomic E-state index is 3.55. The molecule has 0 bridgehead atoms. The molecule has 20 heavy (non-hydrogen) atoms. The van der Waals surface area contributed by atoms with Gasteiger partial charge in [-0.2, -0.15) is 0 Å². The van der Waals surface area contributed by atoms with Crippen molar-refractivity contribution in [3.05, 3.63) is 57.3 Å². The molecule has 0 saturated carbocycles. The summed E-state index contributed by atoms with van der Waals surface area (Å²) in [4.78, 5) is 1.48. The second-order valence-corrected chi connectivity index (χ2v) is 6.74. The van der Waals surface area contributed by atoms with E-state index >= 15 is 0 Å². The van der Waals surface area contributed by atoms with E-state index in [-0.39, 0.29) is 0 Å². The monoisotopic (exact) mass is 287 g/mol. The summed E-state index contributed by atoms with van der Waals surface area (Å²) < 4.78 is 0. The van der Waals surface area contributed by atoms with Crippen LogP contribution in [0.5, 0.6) is 0 Å². The summed E-state index contributed by atoms with van der Waals surface area (Å²) >= 11 is 1.86. The van der Waals surface area contributed by atoms with E-state index in [1.54, 1.807) is 0 Å². The number of nitrogens with one attached hydrogen (secondary N) is 1. The third kappa shape index (κ3) is 4.46. The van der Waals surface area contributed by atoms with E-state index in [4.69, 9.17) is 0 Å². The fourth-order valence-corrected chi connectivity index (χ4v) is 3.37. The van der Waals surface area contributed by atoms with E-state index < -0.39 is 0 Å². The van der Waals surface area contributed by atoms with Gasteiger partial charge in [-0.25, -0.2) is 0 Å². The molecule has 1 nitrogen and oxygen atoms in total. The topological polar surface area (TPSA) is 12.0 Å². The molecule has 2 aromatic rings. The van der Waals surface area contributed by atoms with E-state index in [1.165, 1.54) is 28.0 Å². The zero-order valence-corrected chi connectivity index (χ0v) is 13.6. The van der Waals surface area contributed by atoms with Gasteiger partial charge in [0.15, 0.2) is 0 Å². The fraction of sp³-hybridized carbons (Fsp3) is 0.444. The minimum absolute atomic E-state index is 0.727. The molecule has 2 rings (SSSR count). The first-order chi connectivity index (χ1) is 9.69. The Bertz CT molecular complexity index is 510. The fourth-order valence-electron chi connectivity index (χ4n) is 2.42. The van der Waals surface area contributed by atoms with Crippen LogP contribution in [0, 0.1) is 5.92 Å². The molecule has 0 aliphatic carbocycles. The Morgan fingerprint density at radius 3 is 2.35 bits per heavy atom. The SMILES string of the molecule is CCc1ccsc1CNCc1ccc(CC(C)C)cc1. The molecular weight excluding hydrogens is 262 g/mol. The number of benzene rings is 1. The Labute approximate surface area is 127 Å². The predicted octanol–water partition coefficient (Wildman–Crippen LogP) is 4.80. The van der Waals surface area contributed by atoms with Gasteiger partial charge in [-0.15, -0.1) is 11.3 Å². The molecule has 108 valence electrons. The van der Waals surface area contributed by atoms with Crippen LogP contribution in [0.15, 0.2) is 35.7 Å². The van der Waals surface area contributed by atoms with E-state index in [0.717, 1.165) is 25.4 Å². The van der Waals surface area contributed by atoms with Crippen LogP contribution in [0.4, 0.5) is 0 Å². The molecule has 1 aromatic heterocycles. The third-order valence-corrected chi connectivity index (χ3v) is 4.46. The average molecular weight is 287 g/mol. The van der Waals surface area contributed by atoms with Gasteiger partial charge in [0.05, 0.1) is 0 Å². The molecule has 0 aliphatic rings. The molecule has 0 radical (unpaired) electrons. The molecule has 0 atom stereocenters. The Morgan fingerprint density at radius 2 is 1.70 bits per heavy atom. The van der Waals surface area contributed by atoms with E-state index in [1.807, 2.05) is 11.3 Å². The lowest BCUT2D eigenvalue weighted by atomic mass is 10.0. The van der Waals surface area contributed by atoms with Crippen LogP contribution in [-0.4, -0.2) is 0 Å². The quantitative estimate of drug-likeness (QED) is 0.771. The van der Waals surface area contributed by atoms with Crippen molar-refractivity contribution in [2.45, 2.75) is 46.7 Å². The van der Waals surface area contributed by atoms with Crippen molar-refractivity contribution in [1.29, 1.82) is 0 Å². The summed E-state index contributed by atoms with van der Waals surface area (Å²) in [5.41, 5.74) is 4.29. The number of thiophene rings is 1. The van der Waals surface area contributed by atoms with Crippen molar-refractivity contribution < 1.29 is 0 Å². The lowest BCUT2D eigenvalue weighted by Crippen LogP contribution is -2.12. The van der Waals surface area contributed by atoms with Crippen LogP contribution in [-0.2, 0) is 25.9 Å².